The third-order valence-corrected chi connectivity index (χ3v) is 2.89. The molecular formula is C10H14N2O4S. The van der Waals surface area contributed by atoms with Crippen LogP contribution in [0, 0.1) is 0 Å². The van der Waals surface area contributed by atoms with Gasteiger partial charge in [-0.3, -0.25) is 4.79 Å². The predicted octanol–water partition coefficient (Wildman–Crippen LogP) is 0.882. The van der Waals surface area contributed by atoms with Crippen LogP contribution in [-0.2, 0) is 16.1 Å². The van der Waals surface area contributed by atoms with Crippen LogP contribution < -0.4 is 5.32 Å². The molecule has 1 aromatic rings. The fourth-order valence-electron chi connectivity index (χ4n) is 1.18. The van der Waals surface area contributed by atoms with Gasteiger partial charge < -0.3 is 15.2 Å². The van der Waals surface area contributed by atoms with Crippen molar-refractivity contribution in [1.82, 2.24) is 10.3 Å². The van der Waals surface area contributed by atoms with Crippen molar-refractivity contribution in [3.63, 3.8) is 0 Å². The first-order valence-corrected chi connectivity index (χ1v) is 5.93. The summed E-state index contributed by atoms with van der Waals surface area (Å²) in [5, 5.41) is 13.5. The summed E-state index contributed by atoms with van der Waals surface area (Å²) < 4.78 is 4.88. The van der Waals surface area contributed by atoms with E-state index >= 15 is 0 Å². The Hall–Kier alpha value is -1.47. The van der Waals surface area contributed by atoms with Crippen LogP contribution in [0.5, 0.6) is 0 Å². The van der Waals surface area contributed by atoms with Gasteiger partial charge in [-0.05, 0) is 6.42 Å². The first kappa shape index (κ1) is 13.6. The zero-order chi connectivity index (χ0) is 12.8. The van der Waals surface area contributed by atoms with Gasteiger partial charge >= 0.3 is 5.97 Å². The molecule has 0 aliphatic rings. The number of hydrogen-bond acceptors (Lipinski definition) is 5. The van der Waals surface area contributed by atoms with Gasteiger partial charge in [0.15, 0.2) is 0 Å². The van der Waals surface area contributed by atoms with Gasteiger partial charge in [0.1, 0.15) is 16.7 Å². The molecular weight excluding hydrogens is 244 g/mol. The number of aromatic nitrogens is 1. The highest BCUT2D eigenvalue weighted by Gasteiger charge is 2.19. The van der Waals surface area contributed by atoms with Crippen molar-refractivity contribution in [2.45, 2.75) is 26.0 Å². The second-order valence-electron chi connectivity index (χ2n) is 3.33. The standard InChI is InChI=1S/C10H14N2O4S/c1-3-6(10(14)15)12-9(13)7-5-17-8(11-7)4-16-2/h5-6H,3-4H2,1-2H3,(H,12,13)(H,14,15). The number of nitrogens with zero attached hydrogens (tertiary/aromatic N) is 1. The monoisotopic (exact) mass is 258 g/mol. The van der Waals surface area contributed by atoms with E-state index in [1.165, 1.54) is 11.3 Å². The quantitative estimate of drug-likeness (QED) is 0.790. The zero-order valence-electron chi connectivity index (χ0n) is 9.60. The van der Waals surface area contributed by atoms with Gasteiger partial charge in [-0.15, -0.1) is 11.3 Å². The lowest BCUT2D eigenvalue weighted by molar-refractivity contribution is -0.139. The largest absolute Gasteiger partial charge is 0.480 e. The number of ether oxygens (including phenoxy) is 1. The number of amides is 1. The highest BCUT2D eigenvalue weighted by atomic mass is 32.1. The summed E-state index contributed by atoms with van der Waals surface area (Å²) in [7, 11) is 1.54. The number of nitrogens with one attached hydrogen (secondary N) is 1. The van der Waals surface area contributed by atoms with E-state index in [2.05, 4.69) is 10.3 Å². The number of carboxylic acids is 1. The summed E-state index contributed by atoms with van der Waals surface area (Å²) in [6, 6.07) is -0.880. The molecule has 0 bridgehead atoms. The van der Waals surface area contributed by atoms with E-state index in [9.17, 15) is 9.59 Å². The van der Waals surface area contributed by atoms with Crippen molar-refractivity contribution < 1.29 is 19.4 Å². The molecule has 0 spiro atoms. The maximum absolute atomic E-state index is 11.7. The van der Waals surface area contributed by atoms with Crippen LogP contribution in [0.1, 0.15) is 28.8 Å². The number of hydrogen-bond donors (Lipinski definition) is 2. The van der Waals surface area contributed by atoms with Gasteiger partial charge in [0.25, 0.3) is 5.91 Å². The van der Waals surface area contributed by atoms with E-state index < -0.39 is 17.9 Å². The lowest BCUT2D eigenvalue weighted by Gasteiger charge is -2.10. The van der Waals surface area contributed by atoms with Crippen molar-refractivity contribution in [3.05, 3.63) is 16.1 Å². The average molecular weight is 258 g/mol. The molecule has 17 heavy (non-hydrogen) atoms. The molecule has 1 unspecified atom stereocenters. The smallest absolute Gasteiger partial charge is 0.326 e. The Morgan fingerprint density at radius 2 is 2.35 bits per heavy atom. The second-order valence-corrected chi connectivity index (χ2v) is 4.27. The predicted molar refractivity (Wildman–Crippen MR) is 62.0 cm³/mol. The van der Waals surface area contributed by atoms with Crippen LogP contribution in [0.15, 0.2) is 5.38 Å². The molecule has 0 saturated heterocycles. The molecule has 0 aromatic carbocycles. The Morgan fingerprint density at radius 3 is 2.88 bits per heavy atom. The Labute approximate surface area is 103 Å². The number of rotatable bonds is 6. The summed E-state index contributed by atoms with van der Waals surface area (Å²) in [6.07, 6.45) is 0.330. The van der Waals surface area contributed by atoms with Crippen LogP contribution in [-0.4, -0.2) is 35.1 Å². The molecule has 0 fully saturated rings. The minimum atomic E-state index is -1.05. The summed E-state index contributed by atoms with van der Waals surface area (Å²) >= 11 is 1.30. The van der Waals surface area contributed by atoms with Crippen LogP contribution >= 0.6 is 11.3 Å². The summed E-state index contributed by atoms with van der Waals surface area (Å²) in [4.78, 5) is 26.5. The fourth-order valence-corrected chi connectivity index (χ4v) is 1.92. The molecule has 0 aliphatic heterocycles. The van der Waals surface area contributed by atoms with Crippen molar-refractivity contribution in [3.8, 4) is 0 Å². The topological polar surface area (TPSA) is 88.5 Å². The lowest BCUT2D eigenvalue weighted by atomic mass is 10.2. The molecule has 1 aromatic heterocycles. The van der Waals surface area contributed by atoms with E-state index in [0.717, 1.165) is 0 Å². The van der Waals surface area contributed by atoms with Gasteiger partial charge in [-0.1, -0.05) is 6.92 Å². The van der Waals surface area contributed by atoms with Gasteiger partial charge in [-0.25, -0.2) is 9.78 Å². The van der Waals surface area contributed by atoms with Gasteiger partial charge in [0, 0.05) is 12.5 Å². The Bertz CT molecular complexity index is 405. The molecule has 7 heteroatoms. The summed E-state index contributed by atoms with van der Waals surface area (Å²) in [5.41, 5.74) is 0.224. The molecule has 0 radical (unpaired) electrons. The maximum atomic E-state index is 11.7. The van der Waals surface area contributed by atoms with Gasteiger partial charge in [-0.2, -0.15) is 0 Å². The number of carbonyl (C=O) groups excluding carboxylic acids is 1. The number of methoxy groups -OCH3 is 1. The molecule has 1 atom stereocenters. The number of carboxylic acid groups (broad SMARTS) is 1. The van der Waals surface area contributed by atoms with Crippen molar-refractivity contribution in [2.24, 2.45) is 0 Å². The van der Waals surface area contributed by atoms with Crippen LogP contribution in [0.25, 0.3) is 0 Å². The van der Waals surface area contributed by atoms with Crippen molar-refractivity contribution in [2.75, 3.05) is 7.11 Å². The van der Waals surface area contributed by atoms with Crippen LogP contribution in [0.2, 0.25) is 0 Å². The van der Waals surface area contributed by atoms with Crippen molar-refractivity contribution in [1.29, 1.82) is 0 Å². The maximum Gasteiger partial charge on any atom is 0.326 e. The Kier molecular flexibility index (Phi) is 5.05. The Balaban J connectivity index is 2.65. The normalized spacial score (nSPS) is 12.1. The van der Waals surface area contributed by atoms with Crippen LogP contribution in [0.3, 0.4) is 0 Å². The average Bonchev–Trinajstić information content (AvgIpc) is 2.74. The third-order valence-electron chi connectivity index (χ3n) is 2.06. The summed E-state index contributed by atoms with van der Waals surface area (Å²) in [6.45, 7) is 2.03. The molecule has 0 saturated carbocycles. The van der Waals surface area contributed by atoms with Crippen molar-refractivity contribution >= 4 is 23.2 Å². The number of aliphatic carboxylic acids is 1. The highest BCUT2D eigenvalue weighted by molar-refractivity contribution is 7.09. The minimum absolute atomic E-state index is 0.224. The molecule has 6 nitrogen and oxygen atoms in total. The Morgan fingerprint density at radius 1 is 1.65 bits per heavy atom. The molecule has 1 amide bonds. The van der Waals surface area contributed by atoms with Gasteiger partial charge in [0.2, 0.25) is 0 Å². The van der Waals surface area contributed by atoms with E-state index in [4.69, 9.17) is 9.84 Å². The zero-order valence-corrected chi connectivity index (χ0v) is 10.4. The van der Waals surface area contributed by atoms with E-state index in [0.29, 0.717) is 18.0 Å². The molecule has 1 heterocycles. The fraction of sp³-hybridized carbons (Fsp3) is 0.500. The SMILES string of the molecule is CCC(NC(=O)c1csc(COC)n1)C(=O)O. The first-order valence-electron chi connectivity index (χ1n) is 5.05. The van der Waals surface area contributed by atoms with Crippen LogP contribution in [0.4, 0.5) is 0 Å². The molecule has 0 aliphatic carbocycles. The molecule has 1 rings (SSSR count). The molecule has 94 valence electrons. The lowest BCUT2D eigenvalue weighted by Crippen LogP contribution is -2.40. The van der Waals surface area contributed by atoms with Gasteiger partial charge in [0.05, 0.1) is 6.61 Å². The minimum Gasteiger partial charge on any atom is -0.480 e. The van der Waals surface area contributed by atoms with E-state index in [1.807, 2.05) is 0 Å². The molecule has 2 N–H and O–H groups in total. The van der Waals surface area contributed by atoms with E-state index in [-0.39, 0.29) is 5.69 Å². The first-order chi connectivity index (χ1) is 8.08. The highest BCUT2D eigenvalue weighted by Crippen LogP contribution is 2.10. The van der Waals surface area contributed by atoms with E-state index in [1.54, 1.807) is 19.4 Å². The number of thiazole rings is 1. The summed E-state index contributed by atoms with van der Waals surface area (Å²) in [5.74, 6) is -1.52. The second kappa shape index (κ2) is 6.31. The third kappa shape index (κ3) is 3.79. The number of carbonyl (C=O) groups is 2.